The van der Waals surface area contributed by atoms with E-state index in [0.717, 1.165) is 29.6 Å². The number of hydrogen-bond donors (Lipinski definition) is 0. The highest BCUT2D eigenvalue weighted by atomic mass is 16.2. The Labute approximate surface area is 154 Å². The van der Waals surface area contributed by atoms with Crippen molar-refractivity contribution in [3.8, 4) is 0 Å². The average molecular weight is 364 g/mol. The van der Waals surface area contributed by atoms with Gasteiger partial charge in [0.25, 0.3) is 5.56 Å². The summed E-state index contributed by atoms with van der Waals surface area (Å²) in [5.41, 5.74) is 1.93. The van der Waals surface area contributed by atoms with Crippen LogP contribution in [0.15, 0.2) is 46.4 Å². The van der Waals surface area contributed by atoms with Gasteiger partial charge in [0.15, 0.2) is 16.8 Å². The first-order valence-electron chi connectivity index (χ1n) is 8.88. The summed E-state index contributed by atoms with van der Waals surface area (Å²) in [4.78, 5) is 38.1. The molecular weight excluding hydrogens is 344 g/mol. The number of aromatic nitrogens is 6. The Morgan fingerprint density at radius 3 is 2.74 bits per heavy atom. The summed E-state index contributed by atoms with van der Waals surface area (Å²) < 4.78 is 4.37. The summed E-state index contributed by atoms with van der Waals surface area (Å²) in [7, 11) is 3.39. The highest BCUT2D eigenvalue weighted by molar-refractivity contribution is 5.74. The second-order valence-corrected chi connectivity index (χ2v) is 6.64. The van der Waals surface area contributed by atoms with Crippen molar-refractivity contribution >= 4 is 22.2 Å². The Kier molecular flexibility index (Phi) is 4.31. The monoisotopic (exact) mass is 364 g/mol. The van der Waals surface area contributed by atoms with Gasteiger partial charge >= 0.3 is 5.69 Å². The molecule has 4 aromatic rings. The standard InChI is InChI=1S/C19H20N6O2/c1-23-12-21-17-15(23)18(26)25(19(27)24(17)2)11-4-3-7-14-9-8-13-6-5-10-20-16(13)22-14/h5-6,8-10,12H,3-4,7,11H2,1-2H3. The molecule has 8 nitrogen and oxygen atoms in total. The summed E-state index contributed by atoms with van der Waals surface area (Å²) in [5, 5.41) is 1.01. The van der Waals surface area contributed by atoms with E-state index in [1.165, 1.54) is 9.13 Å². The molecule has 138 valence electrons. The molecule has 0 N–H and O–H groups in total. The van der Waals surface area contributed by atoms with Crippen LogP contribution >= 0.6 is 0 Å². The third-order valence-electron chi connectivity index (χ3n) is 4.79. The molecule has 0 aliphatic carbocycles. The average Bonchev–Trinajstić information content (AvgIpc) is 3.07. The normalized spacial score (nSPS) is 11.5. The van der Waals surface area contributed by atoms with Gasteiger partial charge in [-0.25, -0.2) is 19.7 Å². The molecule has 0 atom stereocenters. The molecule has 8 heteroatoms. The molecule has 0 aliphatic heterocycles. The molecule has 0 aromatic carbocycles. The third kappa shape index (κ3) is 3.03. The zero-order valence-electron chi connectivity index (χ0n) is 15.3. The number of imidazole rings is 1. The van der Waals surface area contributed by atoms with E-state index in [1.54, 1.807) is 31.2 Å². The van der Waals surface area contributed by atoms with Gasteiger partial charge < -0.3 is 4.57 Å². The lowest BCUT2D eigenvalue weighted by molar-refractivity contribution is 0.551. The molecule has 0 spiro atoms. The molecule has 27 heavy (non-hydrogen) atoms. The molecule has 0 fully saturated rings. The summed E-state index contributed by atoms with van der Waals surface area (Å²) in [6.07, 6.45) is 5.59. The first kappa shape index (κ1) is 17.1. The van der Waals surface area contributed by atoms with Crippen LogP contribution in [0.1, 0.15) is 18.5 Å². The van der Waals surface area contributed by atoms with E-state index >= 15 is 0 Å². The van der Waals surface area contributed by atoms with Crippen molar-refractivity contribution in [1.82, 2.24) is 28.7 Å². The fourth-order valence-electron chi connectivity index (χ4n) is 3.30. The lowest BCUT2D eigenvalue weighted by Crippen LogP contribution is -2.39. The lowest BCUT2D eigenvalue weighted by atomic mass is 10.1. The number of nitrogens with zero attached hydrogens (tertiary/aromatic N) is 6. The number of rotatable bonds is 5. The molecule has 4 heterocycles. The maximum Gasteiger partial charge on any atom is 0.332 e. The fraction of sp³-hybridized carbons (Fsp3) is 0.316. The molecule has 0 saturated carbocycles. The Balaban J connectivity index is 1.49. The zero-order chi connectivity index (χ0) is 19.0. The van der Waals surface area contributed by atoms with E-state index in [9.17, 15) is 9.59 Å². The van der Waals surface area contributed by atoms with Gasteiger partial charge in [0, 0.05) is 37.9 Å². The van der Waals surface area contributed by atoms with Crippen LogP contribution in [0, 0.1) is 0 Å². The van der Waals surface area contributed by atoms with Gasteiger partial charge in [-0.2, -0.15) is 0 Å². The van der Waals surface area contributed by atoms with Gasteiger partial charge in [-0.1, -0.05) is 0 Å². The van der Waals surface area contributed by atoms with Crippen LogP contribution < -0.4 is 11.2 Å². The molecule has 0 radical (unpaired) electrons. The minimum Gasteiger partial charge on any atom is -0.328 e. The first-order valence-corrected chi connectivity index (χ1v) is 8.88. The largest absolute Gasteiger partial charge is 0.332 e. The Morgan fingerprint density at radius 1 is 1.04 bits per heavy atom. The molecule has 4 aromatic heterocycles. The maximum atomic E-state index is 12.7. The molecule has 0 amide bonds. The van der Waals surface area contributed by atoms with E-state index in [1.807, 2.05) is 24.3 Å². The molecule has 0 saturated heterocycles. The van der Waals surface area contributed by atoms with E-state index < -0.39 is 0 Å². The van der Waals surface area contributed by atoms with Crippen molar-refractivity contribution in [3.05, 3.63) is 63.3 Å². The van der Waals surface area contributed by atoms with Crippen molar-refractivity contribution in [1.29, 1.82) is 0 Å². The van der Waals surface area contributed by atoms with Gasteiger partial charge in [0.1, 0.15) is 0 Å². The number of fused-ring (bicyclic) bond motifs is 2. The molecule has 4 rings (SSSR count). The molecule has 0 bridgehead atoms. The Bertz CT molecular complexity index is 1250. The van der Waals surface area contributed by atoms with Crippen molar-refractivity contribution in [2.24, 2.45) is 14.1 Å². The Morgan fingerprint density at radius 2 is 1.89 bits per heavy atom. The number of unbranched alkanes of at least 4 members (excludes halogenated alkanes) is 1. The van der Waals surface area contributed by atoms with Crippen molar-refractivity contribution < 1.29 is 0 Å². The second-order valence-electron chi connectivity index (χ2n) is 6.64. The van der Waals surface area contributed by atoms with Gasteiger partial charge in [-0.3, -0.25) is 13.9 Å². The minimum atomic E-state index is -0.334. The van der Waals surface area contributed by atoms with Crippen LogP contribution in [0.3, 0.4) is 0 Å². The van der Waals surface area contributed by atoms with Crippen LogP contribution in [0.4, 0.5) is 0 Å². The SMILES string of the molecule is Cn1cnc2c1c(=O)n(CCCCc1ccc3cccnc3n1)c(=O)n2C. The van der Waals surface area contributed by atoms with Crippen LogP contribution in [0.25, 0.3) is 22.2 Å². The van der Waals surface area contributed by atoms with Crippen molar-refractivity contribution in [2.75, 3.05) is 0 Å². The lowest BCUT2D eigenvalue weighted by Gasteiger charge is -2.08. The van der Waals surface area contributed by atoms with Crippen molar-refractivity contribution in [2.45, 2.75) is 25.8 Å². The maximum absolute atomic E-state index is 12.7. The summed E-state index contributed by atoms with van der Waals surface area (Å²) in [5.74, 6) is 0. The highest BCUT2D eigenvalue weighted by Gasteiger charge is 2.14. The van der Waals surface area contributed by atoms with Gasteiger partial charge in [0.05, 0.1) is 6.33 Å². The van der Waals surface area contributed by atoms with Gasteiger partial charge in [-0.05, 0) is 43.5 Å². The third-order valence-corrected chi connectivity index (χ3v) is 4.79. The Hall–Kier alpha value is -3.29. The summed E-state index contributed by atoms with van der Waals surface area (Å²) in [6, 6.07) is 7.88. The van der Waals surface area contributed by atoms with E-state index in [2.05, 4.69) is 15.0 Å². The summed E-state index contributed by atoms with van der Waals surface area (Å²) in [6.45, 7) is 0.373. The van der Waals surface area contributed by atoms with Gasteiger partial charge in [-0.15, -0.1) is 0 Å². The van der Waals surface area contributed by atoms with Crippen LogP contribution in [0.5, 0.6) is 0 Å². The predicted octanol–water partition coefficient (Wildman–Crippen LogP) is 1.40. The van der Waals surface area contributed by atoms with Crippen molar-refractivity contribution in [3.63, 3.8) is 0 Å². The van der Waals surface area contributed by atoms with Gasteiger partial charge in [0.2, 0.25) is 0 Å². The first-order chi connectivity index (χ1) is 13.1. The second kappa shape index (κ2) is 6.79. The predicted molar refractivity (Wildman–Crippen MR) is 103 cm³/mol. The molecule has 0 aliphatic rings. The fourth-order valence-corrected chi connectivity index (χ4v) is 3.30. The topological polar surface area (TPSA) is 87.6 Å². The van der Waals surface area contributed by atoms with Crippen LogP contribution in [-0.2, 0) is 27.1 Å². The van der Waals surface area contributed by atoms with Crippen LogP contribution in [-0.4, -0.2) is 28.7 Å². The molecule has 0 unspecified atom stereocenters. The summed E-state index contributed by atoms with van der Waals surface area (Å²) >= 11 is 0. The molecular formula is C19H20N6O2. The van der Waals surface area contributed by atoms with Crippen LogP contribution in [0.2, 0.25) is 0 Å². The minimum absolute atomic E-state index is 0.291. The number of aryl methyl sites for hydroxylation is 3. The number of hydrogen-bond acceptors (Lipinski definition) is 5. The van der Waals surface area contributed by atoms with E-state index in [4.69, 9.17) is 0 Å². The van der Waals surface area contributed by atoms with E-state index in [0.29, 0.717) is 24.1 Å². The highest BCUT2D eigenvalue weighted by Crippen LogP contribution is 2.11. The zero-order valence-corrected chi connectivity index (χ0v) is 15.3. The quantitative estimate of drug-likeness (QED) is 0.500. The number of pyridine rings is 2. The van der Waals surface area contributed by atoms with E-state index in [-0.39, 0.29) is 11.2 Å². The smallest absolute Gasteiger partial charge is 0.328 e.